The van der Waals surface area contributed by atoms with Crippen LogP contribution in [0.25, 0.3) is 0 Å². The maximum atomic E-state index is 11.8. The minimum absolute atomic E-state index is 0.0202. The summed E-state index contributed by atoms with van der Waals surface area (Å²) in [6, 6.07) is 1.71. The van der Waals surface area contributed by atoms with E-state index in [4.69, 9.17) is 11.6 Å². The van der Waals surface area contributed by atoms with E-state index in [9.17, 15) is 4.79 Å². The lowest BCUT2D eigenvalue weighted by atomic mass is 10.1. The summed E-state index contributed by atoms with van der Waals surface area (Å²) in [5.41, 5.74) is 0.533. The van der Waals surface area contributed by atoms with Crippen LogP contribution in [0.3, 0.4) is 0 Å². The number of carbonyl (C=O) groups is 1. The minimum Gasteiger partial charge on any atom is -0.348 e. The Morgan fingerprint density at radius 1 is 1.56 bits per heavy atom. The minimum atomic E-state index is -0.145. The molecule has 1 atom stereocenters. The summed E-state index contributed by atoms with van der Waals surface area (Å²) in [5, 5.41) is 2.88. The van der Waals surface area contributed by atoms with E-state index in [1.807, 2.05) is 13.8 Å². The van der Waals surface area contributed by atoms with Gasteiger partial charge in [-0.25, -0.2) is 0 Å². The third-order valence-corrected chi connectivity index (χ3v) is 3.02. The molecule has 0 spiro atoms. The molecule has 88 valence electrons. The summed E-state index contributed by atoms with van der Waals surface area (Å²) >= 11 is 9.06. The van der Waals surface area contributed by atoms with Crippen molar-refractivity contribution in [2.75, 3.05) is 5.88 Å². The Bertz CT molecular complexity index is 371. The number of carbonyl (C=O) groups excluding carboxylic acids is 1. The molecule has 1 heterocycles. The molecule has 1 unspecified atom stereocenters. The SMILES string of the molecule is CC(C)C(CCl)NC(=O)c1cncc(Br)c1. The van der Waals surface area contributed by atoms with Crippen molar-refractivity contribution in [3.05, 3.63) is 28.5 Å². The quantitative estimate of drug-likeness (QED) is 0.869. The highest BCUT2D eigenvalue weighted by atomic mass is 79.9. The molecular weight excluding hydrogens is 291 g/mol. The lowest BCUT2D eigenvalue weighted by Crippen LogP contribution is -2.39. The second-order valence-corrected chi connectivity index (χ2v) is 5.09. The first-order valence-electron chi connectivity index (χ1n) is 5.02. The number of pyridine rings is 1. The summed E-state index contributed by atoms with van der Waals surface area (Å²) < 4.78 is 0.784. The summed E-state index contributed by atoms with van der Waals surface area (Å²) in [7, 11) is 0. The molecule has 0 saturated carbocycles. The molecule has 1 amide bonds. The highest BCUT2D eigenvalue weighted by molar-refractivity contribution is 9.10. The Balaban J connectivity index is 2.72. The van der Waals surface area contributed by atoms with Crippen LogP contribution >= 0.6 is 27.5 Å². The van der Waals surface area contributed by atoms with Gasteiger partial charge in [-0.1, -0.05) is 13.8 Å². The maximum absolute atomic E-state index is 11.8. The van der Waals surface area contributed by atoms with Crippen LogP contribution in [-0.4, -0.2) is 22.8 Å². The number of amides is 1. The number of hydrogen-bond acceptors (Lipinski definition) is 2. The van der Waals surface area contributed by atoms with Gasteiger partial charge in [0, 0.05) is 28.8 Å². The van der Waals surface area contributed by atoms with Gasteiger partial charge in [-0.2, -0.15) is 0 Å². The molecule has 16 heavy (non-hydrogen) atoms. The molecule has 0 aromatic carbocycles. The third-order valence-electron chi connectivity index (χ3n) is 2.25. The average Bonchev–Trinajstić information content (AvgIpc) is 2.25. The Labute approximate surface area is 109 Å². The molecule has 0 bridgehead atoms. The smallest absolute Gasteiger partial charge is 0.253 e. The molecule has 0 aliphatic rings. The Morgan fingerprint density at radius 2 is 2.25 bits per heavy atom. The van der Waals surface area contributed by atoms with E-state index in [1.54, 1.807) is 12.3 Å². The fraction of sp³-hybridized carbons (Fsp3) is 0.455. The van der Waals surface area contributed by atoms with E-state index in [1.165, 1.54) is 6.20 Å². The second kappa shape index (κ2) is 6.21. The summed E-state index contributed by atoms with van der Waals surface area (Å²) in [6.45, 7) is 4.04. The molecule has 1 N–H and O–H groups in total. The van der Waals surface area contributed by atoms with Crippen LogP contribution in [0.15, 0.2) is 22.9 Å². The first-order valence-corrected chi connectivity index (χ1v) is 6.34. The topological polar surface area (TPSA) is 42.0 Å². The Hall–Kier alpha value is -0.610. The number of nitrogens with zero attached hydrogens (tertiary/aromatic N) is 1. The molecule has 0 saturated heterocycles. The average molecular weight is 306 g/mol. The summed E-state index contributed by atoms with van der Waals surface area (Å²) in [4.78, 5) is 15.8. The van der Waals surface area contributed by atoms with Crippen molar-refractivity contribution in [1.29, 1.82) is 0 Å². The zero-order chi connectivity index (χ0) is 12.1. The van der Waals surface area contributed by atoms with Crippen LogP contribution in [-0.2, 0) is 0 Å². The lowest BCUT2D eigenvalue weighted by molar-refractivity contribution is 0.0930. The van der Waals surface area contributed by atoms with E-state index in [2.05, 4.69) is 26.2 Å². The predicted octanol–water partition coefficient (Wildman–Crippen LogP) is 2.84. The monoisotopic (exact) mass is 304 g/mol. The van der Waals surface area contributed by atoms with Crippen LogP contribution in [0.2, 0.25) is 0 Å². The first-order chi connectivity index (χ1) is 7.54. The Morgan fingerprint density at radius 3 is 2.75 bits per heavy atom. The largest absolute Gasteiger partial charge is 0.348 e. The van der Waals surface area contributed by atoms with Crippen LogP contribution in [0.4, 0.5) is 0 Å². The summed E-state index contributed by atoms with van der Waals surface area (Å²) in [5.74, 6) is 0.569. The van der Waals surface area contributed by atoms with Gasteiger partial charge in [-0.3, -0.25) is 9.78 Å². The molecule has 0 aliphatic carbocycles. The van der Waals surface area contributed by atoms with Gasteiger partial charge in [0.2, 0.25) is 0 Å². The van der Waals surface area contributed by atoms with Crippen molar-refractivity contribution in [3.63, 3.8) is 0 Å². The van der Waals surface area contributed by atoms with Crippen molar-refractivity contribution >= 4 is 33.4 Å². The summed E-state index contributed by atoms with van der Waals surface area (Å²) in [6.07, 6.45) is 3.17. The molecule has 1 aromatic heterocycles. The molecule has 1 rings (SSSR count). The molecular formula is C11H14BrClN2O. The van der Waals surface area contributed by atoms with Gasteiger partial charge < -0.3 is 5.32 Å². The molecule has 0 aliphatic heterocycles. The van der Waals surface area contributed by atoms with Crippen LogP contribution in [0, 0.1) is 5.92 Å². The van der Waals surface area contributed by atoms with E-state index >= 15 is 0 Å². The van der Waals surface area contributed by atoms with Crippen molar-refractivity contribution < 1.29 is 4.79 Å². The standard InChI is InChI=1S/C11H14BrClN2O/c1-7(2)10(4-13)15-11(16)8-3-9(12)6-14-5-8/h3,5-7,10H,4H2,1-2H3,(H,15,16). The lowest BCUT2D eigenvalue weighted by Gasteiger charge is -2.19. The fourth-order valence-corrected chi connectivity index (χ4v) is 1.97. The van der Waals surface area contributed by atoms with E-state index in [-0.39, 0.29) is 11.9 Å². The van der Waals surface area contributed by atoms with Crippen LogP contribution in [0.1, 0.15) is 24.2 Å². The predicted molar refractivity (Wildman–Crippen MR) is 68.7 cm³/mol. The number of aromatic nitrogens is 1. The number of alkyl halides is 1. The number of nitrogens with one attached hydrogen (secondary N) is 1. The molecule has 0 fully saturated rings. The highest BCUT2D eigenvalue weighted by Gasteiger charge is 2.16. The number of halogens is 2. The normalized spacial score (nSPS) is 12.6. The van der Waals surface area contributed by atoms with Gasteiger partial charge in [0.25, 0.3) is 5.91 Å². The van der Waals surface area contributed by atoms with Gasteiger partial charge in [0.15, 0.2) is 0 Å². The fourth-order valence-electron chi connectivity index (χ4n) is 1.17. The molecule has 5 heteroatoms. The van der Waals surface area contributed by atoms with E-state index in [0.717, 1.165) is 4.47 Å². The van der Waals surface area contributed by atoms with E-state index < -0.39 is 0 Å². The van der Waals surface area contributed by atoms with Crippen molar-refractivity contribution in [1.82, 2.24) is 10.3 Å². The molecule has 3 nitrogen and oxygen atoms in total. The van der Waals surface area contributed by atoms with Crippen molar-refractivity contribution in [2.45, 2.75) is 19.9 Å². The third kappa shape index (κ3) is 3.76. The number of rotatable bonds is 4. The Kier molecular flexibility index (Phi) is 5.22. The first kappa shape index (κ1) is 13.5. The van der Waals surface area contributed by atoms with Crippen molar-refractivity contribution in [3.8, 4) is 0 Å². The van der Waals surface area contributed by atoms with Gasteiger partial charge in [0.05, 0.1) is 5.56 Å². The van der Waals surface area contributed by atoms with Crippen molar-refractivity contribution in [2.24, 2.45) is 5.92 Å². The zero-order valence-electron chi connectivity index (χ0n) is 9.21. The van der Waals surface area contributed by atoms with Gasteiger partial charge in [-0.15, -0.1) is 11.6 Å². The van der Waals surface area contributed by atoms with Crippen LogP contribution in [0.5, 0.6) is 0 Å². The van der Waals surface area contributed by atoms with Crippen LogP contribution < -0.4 is 5.32 Å². The molecule has 0 radical (unpaired) electrons. The van der Waals surface area contributed by atoms with Gasteiger partial charge in [-0.05, 0) is 27.9 Å². The number of hydrogen-bond donors (Lipinski definition) is 1. The van der Waals surface area contributed by atoms with Gasteiger partial charge >= 0.3 is 0 Å². The van der Waals surface area contributed by atoms with Gasteiger partial charge in [0.1, 0.15) is 0 Å². The van der Waals surface area contributed by atoms with E-state index in [0.29, 0.717) is 17.4 Å². The molecule has 1 aromatic rings. The zero-order valence-corrected chi connectivity index (χ0v) is 11.5. The highest BCUT2D eigenvalue weighted by Crippen LogP contribution is 2.11. The maximum Gasteiger partial charge on any atom is 0.253 e. The second-order valence-electron chi connectivity index (χ2n) is 3.87.